The highest BCUT2D eigenvalue weighted by molar-refractivity contribution is 7.15. The van der Waals surface area contributed by atoms with Crippen LogP contribution in [0.25, 0.3) is 4.96 Å². The van der Waals surface area contributed by atoms with Gasteiger partial charge in [-0.15, -0.1) is 11.3 Å². The van der Waals surface area contributed by atoms with E-state index in [1.807, 2.05) is 67.0 Å². The summed E-state index contributed by atoms with van der Waals surface area (Å²) in [5, 5.41) is 4.83. The van der Waals surface area contributed by atoms with Gasteiger partial charge < -0.3 is 10.1 Å². The van der Waals surface area contributed by atoms with E-state index in [4.69, 9.17) is 4.74 Å². The van der Waals surface area contributed by atoms with Gasteiger partial charge in [0.2, 0.25) is 0 Å². The second kappa shape index (κ2) is 6.41. The van der Waals surface area contributed by atoms with Crippen LogP contribution < -0.4 is 10.1 Å². The Morgan fingerprint density at radius 3 is 2.76 bits per heavy atom. The number of nitrogens with zero attached hydrogens (tertiary/aromatic N) is 2. The summed E-state index contributed by atoms with van der Waals surface area (Å²) in [5.41, 5.74) is 1.93. The molecule has 2 aromatic heterocycles. The average Bonchev–Trinajstić information content (AvgIpc) is 3.15. The molecule has 5 nitrogen and oxygen atoms in total. The zero-order chi connectivity index (χ0) is 17.2. The molecule has 2 heterocycles. The molecule has 4 aromatic rings. The molecule has 124 valence electrons. The lowest BCUT2D eigenvalue weighted by atomic mass is 10.2. The number of hydrogen-bond donors (Lipinski definition) is 1. The fourth-order valence-corrected chi connectivity index (χ4v) is 3.38. The van der Waals surface area contributed by atoms with E-state index in [0.717, 1.165) is 10.7 Å². The normalized spacial score (nSPS) is 10.8. The number of ether oxygens (including phenoxy) is 1. The van der Waals surface area contributed by atoms with Crippen molar-refractivity contribution < 1.29 is 9.53 Å². The number of imidazole rings is 1. The predicted molar refractivity (Wildman–Crippen MR) is 98.7 cm³/mol. The Kier molecular flexibility index (Phi) is 3.95. The maximum absolute atomic E-state index is 12.7. The second-order valence-corrected chi connectivity index (χ2v) is 6.37. The van der Waals surface area contributed by atoms with Crippen LogP contribution in [0, 0.1) is 6.92 Å². The summed E-state index contributed by atoms with van der Waals surface area (Å²) in [7, 11) is 0. The third kappa shape index (κ3) is 3.12. The van der Waals surface area contributed by atoms with Gasteiger partial charge >= 0.3 is 0 Å². The number of carbonyl (C=O) groups excluding carboxylic acids is 1. The van der Waals surface area contributed by atoms with Gasteiger partial charge in [0, 0.05) is 23.3 Å². The SMILES string of the molecule is Cc1nc2sccn2c1C(=O)Nc1cccc(Oc2ccccc2)c1. The van der Waals surface area contributed by atoms with Crippen molar-refractivity contribution in [2.24, 2.45) is 0 Å². The minimum Gasteiger partial charge on any atom is -0.457 e. The second-order valence-electron chi connectivity index (χ2n) is 5.50. The van der Waals surface area contributed by atoms with Crippen LogP contribution >= 0.6 is 11.3 Å². The monoisotopic (exact) mass is 349 g/mol. The van der Waals surface area contributed by atoms with Crippen LogP contribution in [0.1, 0.15) is 16.2 Å². The molecule has 25 heavy (non-hydrogen) atoms. The first-order chi connectivity index (χ1) is 12.2. The predicted octanol–water partition coefficient (Wildman–Crippen LogP) is 4.75. The number of hydrogen-bond acceptors (Lipinski definition) is 4. The Balaban J connectivity index is 1.56. The summed E-state index contributed by atoms with van der Waals surface area (Å²) in [4.78, 5) is 17.9. The van der Waals surface area contributed by atoms with E-state index >= 15 is 0 Å². The average molecular weight is 349 g/mol. The minimum absolute atomic E-state index is 0.194. The van der Waals surface area contributed by atoms with Crippen molar-refractivity contribution in [3.05, 3.63) is 77.6 Å². The first-order valence-electron chi connectivity index (χ1n) is 7.77. The number of para-hydroxylation sites is 1. The van der Waals surface area contributed by atoms with E-state index in [2.05, 4.69) is 10.3 Å². The third-order valence-corrected chi connectivity index (χ3v) is 4.48. The minimum atomic E-state index is -0.194. The van der Waals surface area contributed by atoms with Gasteiger partial charge in [0.25, 0.3) is 5.91 Å². The zero-order valence-corrected chi connectivity index (χ0v) is 14.3. The van der Waals surface area contributed by atoms with Crippen molar-refractivity contribution in [3.8, 4) is 11.5 Å². The Bertz CT molecular complexity index is 1040. The number of nitrogens with one attached hydrogen (secondary N) is 1. The topological polar surface area (TPSA) is 55.6 Å². The van der Waals surface area contributed by atoms with Gasteiger partial charge in [-0.05, 0) is 31.2 Å². The van der Waals surface area contributed by atoms with Crippen LogP contribution in [0.15, 0.2) is 66.2 Å². The van der Waals surface area contributed by atoms with Gasteiger partial charge in [-0.2, -0.15) is 0 Å². The number of carbonyl (C=O) groups is 1. The van der Waals surface area contributed by atoms with E-state index in [1.165, 1.54) is 11.3 Å². The van der Waals surface area contributed by atoms with Gasteiger partial charge in [0.15, 0.2) is 4.96 Å². The fraction of sp³-hybridized carbons (Fsp3) is 0.0526. The van der Waals surface area contributed by atoms with E-state index < -0.39 is 0 Å². The summed E-state index contributed by atoms with van der Waals surface area (Å²) in [6.45, 7) is 1.84. The molecule has 0 saturated heterocycles. The van der Waals surface area contributed by atoms with Crippen LogP contribution in [-0.4, -0.2) is 15.3 Å². The first kappa shape index (κ1) is 15.4. The molecular formula is C19H15N3O2S. The van der Waals surface area contributed by atoms with Crippen LogP contribution in [0.5, 0.6) is 11.5 Å². The summed E-state index contributed by atoms with van der Waals surface area (Å²) in [5.74, 6) is 1.22. The van der Waals surface area contributed by atoms with E-state index in [0.29, 0.717) is 22.8 Å². The van der Waals surface area contributed by atoms with Gasteiger partial charge in [-0.3, -0.25) is 9.20 Å². The van der Waals surface area contributed by atoms with Crippen LogP contribution in [0.3, 0.4) is 0 Å². The Hall–Kier alpha value is -3.12. The van der Waals surface area contributed by atoms with Crippen LogP contribution in [0.2, 0.25) is 0 Å². The number of fused-ring (bicyclic) bond motifs is 1. The largest absolute Gasteiger partial charge is 0.457 e. The number of amides is 1. The van der Waals surface area contributed by atoms with E-state index in [-0.39, 0.29) is 5.91 Å². The van der Waals surface area contributed by atoms with Crippen LogP contribution in [-0.2, 0) is 0 Å². The molecule has 0 aliphatic heterocycles. The molecule has 1 N–H and O–H groups in total. The highest BCUT2D eigenvalue weighted by atomic mass is 32.1. The van der Waals surface area contributed by atoms with Crippen molar-refractivity contribution in [3.63, 3.8) is 0 Å². The zero-order valence-electron chi connectivity index (χ0n) is 13.5. The maximum Gasteiger partial charge on any atom is 0.274 e. The molecule has 6 heteroatoms. The van der Waals surface area contributed by atoms with E-state index in [1.54, 1.807) is 10.5 Å². The number of benzene rings is 2. The Labute approximate surface area is 148 Å². The van der Waals surface area contributed by atoms with Crippen molar-refractivity contribution in [1.82, 2.24) is 9.38 Å². The molecule has 0 fully saturated rings. The molecular weight excluding hydrogens is 334 g/mol. The lowest BCUT2D eigenvalue weighted by Crippen LogP contribution is -2.15. The molecule has 2 aromatic carbocycles. The number of rotatable bonds is 4. The summed E-state index contributed by atoms with van der Waals surface area (Å²) < 4.78 is 7.61. The number of aryl methyl sites for hydroxylation is 1. The number of thiazole rings is 1. The van der Waals surface area contributed by atoms with E-state index in [9.17, 15) is 4.79 Å². The Morgan fingerprint density at radius 1 is 1.12 bits per heavy atom. The van der Waals surface area contributed by atoms with Gasteiger partial charge in [0.05, 0.1) is 5.69 Å². The van der Waals surface area contributed by atoms with Crippen molar-refractivity contribution in [1.29, 1.82) is 0 Å². The van der Waals surface area contributed by atoms with Gasteiger partial charge in [-0.1, -0.05) is 24.3 Å². The molecule has 0 aliphatic carbocycles. The fourth-order valence-electron chi connectivity index (χ4n) is 2.62. The quantitative estimate of drug-likeness (QED) is 0.578. The molecule has 0 bridgehead atoms. The summed E-state index contributed by atoms with van der Waals surface area (Å²) in [6, 6.07) is 16.8. The summed E-state index contributed by atoms with van der Waals surface area (Å²) >= 11 is 1.50. The van der Waals surface area contributed by atoms with Crippen molar-refractivity contribution in [2.75, 3.05) is 5.32 Å². The van der Waals surface area contributed by atoms with Crippen LogP contribution in [0.4, 0.5) is 5.69 Å². The maximum atomic E-state index is 12.7. The molecule has 0 unspecified atom stereocenters. The molecule has 0 spiro atoms. The lowest BCUT2D eigenvalue weighted by molar-refractivity contribution is 0.102. The molecule has 1 amide bonds. The number of anilines is 1. The van der Waals surface area contributed by atoms with Crippen molar-refractivity contribution in [2.45, 2.75) is 6.92 Å². The standard InChI is InChI=1S/C19H15N3O2S/c1-13-17(22-10-11-25-19(22)20-13)18(23)21-14-6-5-9-16(12-14)24-15-7-3-2-4-8-15/h2-12H,1H3,(H,21,23). The van der Waals surface area contributed by atoms with Crippen molar-refractivity contribution >= 4 is 27.9 Å². The third-order valence-electron chi connectivity index (χ3n) is 3.72. The van der Waals surface area contributed by atoms with Gasteiger partial charge in [0.1, 0.15) is 17.2 Å². The highest BCUT2D eigenvalue weighted by Gasteiger charge is 2.17. The summed E-state index contributed by atoms with van der Waals surface area (Å²) in [6.07, 6.45) is 1.85. The smallest absolute Gasteiger partial charge is 0.274 e. The van der Waals surface area contributed by atoms with Gasteiger partial charge in [-0.25, -0.2) is 4.98 Å². The molecule has 0 atom stereocenters. The molecule has 0 saturated carbocycles. The lowest BCUT2D eigenvalue weighted by Gasteiger charge is -2.09. The Morgan fingerprint density at radius 2 is 1.92 bits per heavy atom. The first-order valence-corrected chi connectivity index (χ1v) is 8.65. The molecule has 4 rings (SSSR count). The molecule has 0 aliphatic rings. The number of aromatic nitrogens is 2. The molecule has 0 radical (unpaired) electrons. The highest BCUT2D eigenvalue weighted by Crippen LogP contribution is 2.25.